The summed E-state index contributed by atoms with van der Waals surface area (Å²) in [6.45, 7) is 2.50. The molecule has 2 aromatic carbocycles. The lowest BCUT2D eigenvalue weighted by Crippen LogP contribution is -2.28. The van der Waals surface area contributed by atoms with Crippen LogP contribution < -0.4 is 10.2 Å². The maximum absolute atomic E-state index is 12.6. The number of hydrogen-bond donors (Lipinski definition) is 1. The van der Waals surface area contributed by atoms with E-state index in [1.165, 1.54) is 10.5 Å². The molecule has 0 bridgehead atoms. The second kappa shape index (κ2) is 8.90. The van der Waals surface area contributed by atoms with Gasteiger partial charge >= 0.3 is 0 Å². The van der Waals surface area contributed by atoms with Crippen LogP contribution in [-0.4, -0.2) is 43.3 Å². The van der Waals surface area contributed by atoms with Crippen molar-refractivity contribution in [2.45, 2.75) is 26.2 Å². The van der Waals surface area contributed by atoms with Crippen molar-refractivity contribution in [1.29, 1.82) is 0 Å². The normalized spacial score (nSPS) is 16.0. The number of aryl methyl sites for hydroxylation is 1. The molecule has 1 aliphatic heterocycles. The fourth-order valence-corrected chi connectivity index (χ4v) is 3.46. The SMILES string of the molecule is CCCc1ccc(N2CC(C(=O)Nc3ccc(C(=O)N(C)C)cc3)CC2=O)cc1. The highest BCUT2D eigenvalue weighted by molar-refractivity contribution is 6.03. The maximum Gasteiger partial charge on any atom is 0.253 e. The number of hydrogen-bond acceptors (Lipinski definition) is 3. The molecule has 2 aromatic rings. The highest BCUT2D eigenvalue weighted by Gasteiger charge is 2.35. The summed E-state index contributed by atoms with van der Waals surface area (Å²) in [6, 6.07) is 14.7. The van der Waals surface area contributed by atoms with Crippen molar-refractivity contribution < 1.29 is 14.4 Å². The Morgan fingerprint density at radius 2 is 1.72 bits per heavy atom. The summed E-state index contributed by atoms with van der Waals surface area (Å²) in [4.78, 5) is 40.2. The Kier molecular flexibility index (Phi) is 6.32. The second-order valence-electron chi connectivity index (χ2n) is 7.59. The van der Waals surface area contributed by atoms with Gasteiger partial charge in [-0.2, -0.15) is 0 Å². The summed E-state index contributed by atoms with van der Waals surface area (Å²) < 4.78 is 0. The average Bonchev–Trinajstić information content (AvgIpc) is 3.10. The Morgan fingerprint density at radius 1 is 1.07 bits per heavy atom. The van der Waals surface area contributed by atoms with Crippen LogP contribution in [-0.2, 0) is 16.0 Å². The predicted octanol–water partition coefficient (Wildman–Crippen LogP) is 3.33. The van der Waals surface area contributed by atoms with E-state index in [0.717, 1.165) is 18.5 Å². The zero-order chi connectivity index (χ0) is 21.0. The molecule has 1 N–H and O–H groups in total. The molecule has 0 aromatic heterocycles. The van der Waals surface area contributed by atoms with Crippen LogP contribution in [0.1, 0.15) is 35.7 Å². The van der Waals surface area contributed by atoms with E-state index in [9.17, 15) is 14.4 Å². The van der Waals surface area contributed by atoms with Crippen LogP contribution in [0.3, 0.4) is 0 Å². The Bertz CT molecular complexity index is 889. The molecule has 0 aliphatic carbocycles. The van der Waals surface area contributed by atoms with Crippen LogP contribution in [0.5, 0.6) is 0 Å². The van der Waals surface area contributed by atoms with E-state index < -0.39 is 5.92 Å². The molecule has 1 fully saturated rings. The average molecular weight is 393 g/mol. The smallest absolute Gasteiger partial charge is 0.253 e. The fraction of sp³-hybridized carbons (Fsp3) is 0.348. The van der Waals surface area contributed by atoms with Gasteiger partial charge in [0.15, 0.2) is 0 Å². The molecule has 6 heteroatoms. The standard InChI is InChI=1S/C23H27N3O3/c1-4-5-16-6-12-20(13-7-16)26-15-18(14-21(26)27)22(28)24-19-10-8-17(9-11-19)23(29)25(2)3/h6-13,18H,4-5,14-15H2,1-3H3,(H,24,28). The molecule has 29 heavy (non-hydrogen) atoms. The van der Waals surface area contributed by atoms with Crippen LogP contribution in [0.25, 0.3) is 0 Å². The van der Waals surface area contributed by atoms with E-state index in [0.29, 0.717) is 17.8 Å². The monoisotopic (exact) mass is 393 g/mol. The summed E-state index contributed by atoms with van der Waals surface area (Å²) in [5.74, 6) is -0.721. The lowest BCUT2D eigenvalue weighted by molar-refractivity contribution is -0.122. The first-order valence-electron chi connectivity index (χ1n) is 9.91. The third-order valence-corrected chi connectivity index (χ3v) is 5.09. The number of carbonyl (C=O) groups is 3. The van der Waals surface area contributed by atoms with E-state index in [4.69, 9.17) is 0 Å². The Balaban J connectivity index is 1.62. The first-order chi connectivity index (χ1) is 13.9. The first kappa shape index (κ1) is 20.6. The zero-order valence-electron chi connectivity index (χ0n) is 17.1. The summed E-state index contributed by atoms with van der Waals surface area (Å²) in [5, 5.41) is 2.85. The molecule has 0 spiro atoms. The topological polar surface area (TPSA) is 69.7 Å². The summed E-state index contributed by atoms with van der Waals surface area (Å²) in [5.41, 5.74) is 3.24. The first-order valence-corrected chi connectivity index (χ1v) is 9.91. The molecule has 1 aliphatic rings. The quantitative estimate of drug-likeness (QED) is 0.818. The molecule has 0 radical (unpaired) electrons. The van der Waals surface area contributed by atoms with Crippen LogP contribution in [0, 0.1) is 5.92 Å². The van der Waals surface area contributed by atoms with Crippen molar-refractivity contribution in [3.63, 3.8) is 0 Å². The van der Waals surface area contributed by atoms with Gasteiger partial charge in [-0.25, -0.2) is 0 Å². The van der Waals surface area contributed by atoms with E-state index in [1.54, 1.807) is 43.3 Å². The summed E-state index contributed by atoms with van der Waals surface area (Å²) in [6.07, 6.45) is 2.28. The Hall–Kier alpha value is -3.15. The van der Waals surface area contributed by atoms with Crippen LogP contribution >= 0.6 is 0 Å². The largest absolute Gasteiger partial charge is 0.345 e. The highest BCUT2D eigenvalue weighted by atomic mass is 16.2. The number of nitrogens with zero attached hydrogens (tertiary/aromatic N) is 2. The number of amides is 3. The number of benzene rings is 2. The van der Waals surface area contributed by atoms with Gasteiger partial charge in [0.05, 0.1) is 5.92 Å². The van der Waals surface area contributed by atoms with Crippen LogP contribution in [0.4, 0.5) is 11.4 Å². The molecule has 0 saturated carbocycles. The molecular weight excluding hydrogens is 366 g/mol. The summed E-state index contributed by atoms with van der Waals surface area (Å²) in [7, 11) is 3.39. The summed E-state index contributed by atoms with van der Waals surface area (Å²) >= 11 is 0. The molecule has 1 heterocycles. The third-order valence-electron chi connectivity index (χ3n) is 5.09. The van der Waals surface area contributed by atoms with Gasteiger partial charge in [0, 0.05) is 44.0 Å². The lowest BCUT2D eigenvalue weighted by atomic mass is 10.1. The van der Waals surface area contributed by atoms with Gasteiger partial charge in [-0.3, -0.25) is 14.4 Å². The van der Waals surface area contributed by atoms with Gasteiger partial charge in [0.1, 0.15) is 0 Å². The fourth-order valence-electron chi connectivity index (χ4n) is 3.46. The van der Waals surface area contributed by atoms with Crippen molar-refractivity contribution in [2.24, 2.45) is 5.92 Å². The highest BCUT2D eigenvalue weighted by Crippen LogP contribution is 2.26. The third kappa shape index (κ3) is 4.83. The van der Waals surface area contributed by atoms with Crippen molar-refractivity contribution in [3.8, 4) is 0 Å². The Labute approximate surface area is 171 Å². The Morgan fingerprint density at radius 3 is 2.31 bits per heavy atom. The van der Waals surface area contributed by atoms with Crippen molar-refractivity contribution in [2.75, 3.05) is 30.9 Å². The molecule has 1 saturated heterocycles. The van der Waals surface area contributed by atoms with Gasteiger partial charge in [-0.05, 0) is 48.4 Å². The molecule has 152 valence electrons. The molecule has 6 nitrogen and oxygen atoms in total. The van der Waals surface area contributed by atoms with Gasteiger partial charge in [-0.15, -0.1) is 0 Å². The van der Waals surface area contributed by atoms with Gasteiger partial charge in [0.2, 0.25) is 11.8 Å². The molecule has 1 unspecified atom stereocenters. The number of rotatable bonds is 6. The number of anilines is 2. The second-order valence-corrected chi connectivity index (χ2v) is 7.59. The van der Waals surface area contributed by atoms with E-state index in [2.05, 4.69) is 12.2 Å². The van der Waals surface area contributed by atoms with Crippen LogP contribution in [0.15, 0.2) is 48.5 Å². The molecule has 1 atom stereocenters. The minimum absolute atomic E-state index is 0.0414. The molecule has 3 rings (SSSR count). The number of nitrogens with one attached hydrogen (secondary N) is 1. The number of carbonyl (C=O) groups excluding carboxylic acids is 3. The van der Waals surface area contributed by atoms with E-state index >= 15 is 0 Å². The van der Waals surface area contributed by atoms with E-state index in [1.807, 2.05) is 24.3 Å². The van der Waals surface area contributed by atoms with Gasteiger partial charge < -0.3 is 15.1 Å². The van der Waals surface area contributed by atoms with Crippen LogP contribution in [0.2, 0.25) is 0 Å². The molecular formula is C23H27N3O3. The minimum Gasteiger partial charge on any atom is -0.345 e. The predicted molar refractivity (Wildman–Crippen MR) is 114 cm³/mol. The van der Waals surface area contributed by atoms with E-state index in [-0.39, 0.29) is 24.1 Å². The van der Waals surface area contributed by atoms with Crippen molar-refractivity contribution in [3.05, 3.63) is 59.7 Å². The van der Waals surface area contributed by atoms with Crippen molar-refractivity contribution in [1.82, 2.24) is 4.90 Å². The zero-order valence-corrected chi connectivity index (χ0v) is 17.1. The molecule has 3 amide bonds. The maximum atomic E-state index is 12.6. The minimum atomic E-state index is -0.402. The van der Waals surface area contributed by atoms with Crippen molar-refractivity contribution >= 4 is 29.1 Å². The van der Waals surface area contributed by atoms with Gasteiger partial charge in [-0.1, -0.05) is 25.5 Å². The lowest BCUT2D eigenvalue weighted by Gasteiger charge is -2.17. The van der Waals surface area contributed by atoms with Gasteiger partial charge in [0.25, 0.3) is 5.91 Å².